The SMILES string of the molecule is C=CCNC(C)c1cc(O)ccc1O. The Labute approximate surface area is 83.7 Å². The molecule has 1 aromatic carbocycles. The molecule has 0 saturated carbocycles. The molecule has 0 saturated heterocycles. The Kier molecular flexibility index (Phi) is 3.54. The normalized spacial score (nSPS) is 12.4. The summed E-state index contributed by atoms with van der Waals surface area (Å²) in [6, 6.07) is 4.48. The van der Waals surface area contributed by atoms with Gasteiger partial charge in [0, 0.05) is 18.2 Å². The average molecular weight is 193 g/mol. The van der Waals surface area contributed by atoms with Gasteiger partial charge in [-0.3, -0.25) is 0 Å². The molecule has 3 nitrogen and oxygen atoms in total. The molecule has 3 heteroatoms. The van der Waals surface area contributed by atoms with Gasteiger partial charge in [-0.15, -0.1) is 6.58 Å². The summed E-state index contributed by atoms with van der Waals surface area (Å²) in [5.41, 5.74) is 0.687. The first kappa shape index (κ1) is 10.6. The minimum atomic E-state index is -0.0138. The molecular weight excluding hydrogens is 178 g/mol. The first-order valence-electron chi connectivity index (χ1n) is 4.51. The van der Waals surface area contributed by atoms with Crippen molar-refractivity contribution in [3.8, 4) is 11.5 Å². The fourth-order valence-corrected chi connectivity index (χ4v) is 1.26. The molecule has 1 atom stereocenters. The van der Waals surface area contributed by atoms with Gasteiger partial charge < -0.3 is 15.5 Å². The van der Waals surface area contributed by atoms with Gasteiger partial charge in [0.1, 0.15) is 11.5 Å². The van der Waals surface area contributed by atoms with E-state index in [1.165, 1.54) is 12.1 Å². The summed E-state index contributed by atoms with van der Waals surface area (Å²) >= 11 is 0. The second-order valence-electron chi connectivity index (χ2n) is 3.16. The Morgan fingerprint density at radius 2 is 2.21 bits per heavy atom. The van der Waals surface area contributed by atoms with Crippen LogP contribution in [0.25, 0.3) is 0 Å². The fourth-order valence-electron chi connectivity index (χ4n) is 1.26. The zero-order chi connectivity index (χ0) is 10.6. The van der Waals surface area contributed by atoms with Crippen LogP contribution in [0.2, 0.25) is 0 Å². The molecule has 3 N–H and O–H groups in total. The number of hydrogen-bond acceptors (Lipinski definition) is 3. The molecule has 0 aliphatic rings. The highest BCUT2D eigenvalue weighted by atomic mass is 16.3. The Hall–Kier alpha value is -1.48. The highest BCUT2D eigenvalue weighted by molar-refractivity contribution is 5.40. The van der Waals surface area contributed by atoms with Crippen molar-refractivity contribution < 1.29 is 10.2 Å². The third-order valence-electron chi connectivity index (χ3n) is 2.05. The maximum atomic E-state index is 9.53. The second-order valence-corrected chi connectivity index (χ2v) is 3.16. The topological polar surface area (TPSA) is 52.5 Å². The fraction of sp³-hybridized carbons (Fsp3) is 0.273. The van der Waals surface area contributed by atoms with Crippen molar-refractivity contribution in [2.45, 2.75) is 13.0 Å². The predicted molar refractivity (Wildman–Crippen MR) is 56.4 cm³/mol. The second kappa shape index (κ2) is 4.67. The highest BCUT2D eigenvalue weighted by Gasteiger charge is 2.09. The zero-order valence-electron chi connectivity index (χ0n) is 8.20. The van der Waals surface area contributed by atoms with Crippen LogP contribution in [0.5, 0.6) is 11.5 Å². The van der Waals surface area contributed by atoms with Gasteiger partial charge in [-0.25, -0.2) is 0 Å². The van der Waals surface area contributed by atoms with Crippen molar-refractivity contribution in [1.82, 2.24) is 5.32 Å². The quantitative estimate of drug-likeness (QED) is 0.506. The van der Waals surface area contributed by atoms with E-state index in [-0.39, 0.29) is 17.5 Å². The Morgan fingerprint density at radius 1 is 1.50 bits per heavy atom. The van der Waals surface area contributed by atoms with Crippen molar-refractivity contribution in [1.29, 1.82) is 0 Å². The maximum absolute atomic E-state index is 9.53. The van der Waals surface area contributed by atoms with Crippen molar-refractivity contribution in [2.24, 2.45) is 0 Å². The number of phenols is 2. The van der Waals surface area contributed by atoms with Crippen LogP contribution >= 0.6 is 0 Å². The number of hydrogen-bond donors (Lipinski definition) is 3. The van der Waals surface area contributed by atoms with E-state index in [0.29, 0.717) is 12.1 Å². The van der Waals surface area contributed by atoms with Crippen molar-refractivity contribution in [2.75, 3.05) is 6.54 Å². The summed E-state index contributed by atoms with van der Waals surface area (Å²) in [5, 5.41) is 21.9. The molecule has 1 rings (SSSR count). The van der Waals surface area contributed by atoms with Crippen molar-refractivity contribution in [3.63, 3.8) is 0 Å². The van der Waals surface area contributed by atoms with E-state index in [1.54, 1.807) is 12.1 Å². The molecule has 0 heterocycles. The Balaban J connectivity index is 2.82. The van der Waals surface area contributed by atoms with Crippen molar-refractivity contribution in [3.05, 3.63) is 36.4 Å². The van der Waals surface area contributed by atoms with Crippen LogP contribution in [0.15, 0.2) is 30.9 Å². The third-order valence-corrected chi connectivity index (χ3v) is 2.05. The van der Waals surface area contributed by atoms with Gasteiger partial charge in [0.2, 0.25) is 0 Å². The van der Waals surface area contributed by atoms with Crippen molar-refractivity contribution >= 4 is 0 Å². The minimum absolute atomic E-state index is 0.0138. The Morgan fingerprint density at radius 3 is 2.86 bits per heavy atom. The van der Waals surface area contributed by atoms with Crippen LogP contribution in [0.4, 0.5) is 0 Å². The van der Waals surface area contributed by atoms with Gasteiger partial charge in [-0.1, -0.05) is 6.08 Å². The van der Waals surface area contributed by atoms with Gasteiger partial charge in [-0.05, 0) is 25.1 Å². The van der Waals surface area contributed by atoms with Crippen LogP contribution in [-0.2, 0) is 0 Å². The average Bonchev–Trinajstić information content (AvgIpc) is 2.18. The molecule has 1 unspecified atom stereocenters. The number of nitrogens with one attached hydrogen (secondary N) is 1. The van der Waals surface area contributed by atoms with E-state index in [9.17, 15) is 10.2 Å². The summed E-state index contributed by atoms with van der Waals surface area (Å²) < 4.78 is 0. The van der Waals surface area contributed by atoms with Gasteiger partial charge >= 0.3 is 0 Å². The lowest BCUT2D eigenvalue weighted by Gasteiger charge is -2.14. The largest absolute Gasteiger partial charge is 0.508 e. The number of phenolic OH excluding ortho intramolecular Hbond substituents is 2. The van der Waals surface area contributed by atoms with E-state index < -0.39 is 0 Å². The summed E-state index contributed by atoms with van der Waals surface area (Å²) in [7, 11) is 0. The van der Waals surface area contributed by atoms with Crippen LogP contribution in [0, 0.1) is 0 Å². The van der Waals surface area contributed by atoms with E-state index in [1.807, 2.05) is 6.92 Å². The summed E-state index contributed by atoms with van der Waals surface area (Å²) in [5.74, 6) is 0.344. The lowest BCUT2D eigenvalue weighted by Crippen LogP contribution is -2.18. The number of benzene rings is 1. The third kappa shape index (κ3) is 2.50. The standard InChI is InChI=1S/C11H15NO2/c1-3-6-12-8(2)10-7-9(13)4-5-11(10)14/h3-5,7-8,12-14H,1,6H2,2H3. The lowest BCUT2D eigenvalue weighted by atomic mass is 10.1. The molecule has 76 valence electrons. The van der Waals surface area contributed by atoms with Crippen LogP contribution in [-0.4, -0.2) is 16.8 Å². The molecule has 0 spiro atoms. The molecule has 0 radical (unpaired) electrons. The predicted octanol–water partition coefficient (Wildman–Crippen LogP) is 1.93. The minimum Gasteiger partial charge on any atom is -0.508 e. The highest BCUT2D eigenvalue weighted by Crippen LogP contribution is 2.27. The molecule has 0 aliphatic carbocycles. The molecule has 1 aromatic rings. The van der Waals surface area contributed by atoms with E-state index in [0.717, 1.165) is 0 Å². The molecule has 0 aliphatic heterocycles. The van der Waals surface area contributed by atoms with Crippen LogP contribution in [0.1, 0.15) is 18.5 Å². The molecule has 14 heavy (non-hydrogen) atoms. The number of aromatic hydroxyl groups is 2. The van der Waals surface area contributed by atoms with Gasteiger partial charge in [0.05, 0.1) is 0 Å². The van der Waals surface area contributed by atoms with E-state index in [4.69, 9.17) is 0 Å². The molecular formula is C11H15NO2. The molecule has 0 bridgehead atoms. The summed E-state index contributed by atoms with van der Waals surface area (Å²) in [6.07, 6.45) is 1.75. The first-order chi connectivity index (χ1) is 6.65. The smallest absolute Gasteiger partial charge is 0.120 e. The van der Waals surface area contributed by atoms with Gasteiger partial charge in [-0.2, -0.15) is 0 Å². The summed E-state index contributed by atoms with van der Waals surface area (Å²) in [6.45, 7) is 6.17. The van der Waals surface area contributed by atoms with Gasteiger partial charge in [0.25, 0.3) is 0 Å². The van der Waals surface area contributed by atoms with Crippen LogP contribution < -0.4 is 5.32 Å². The van der Waals surface area contributed by atoms with E-state index in [2.05, 4.69) is 11.9 Å². The molecule has 0 fully saturated rings. The summed E-state index contributed by atoms with van der Waals surface area (Å²) in [4.78, 5) is 0. The first-order valence-corrected chi connectivity index (χ1v) is 4.51. The Bertz CT molecular complexity index is 323. The molecule has 0 aromatic heterocycles. The molecule has 0 amide bonds. The number of rotatable bonds is 4. The van der Waals surface area contributed by atoms with Crippen LogP contribution in [0.3, 0.4) is 0 Å². The van der Waals surface area contributed by atoms with Gasteiger partial charge in [0.15, 0.2) is 0 Å². The maximum Gasteiger partial charge on any atom is 0.120 e. The lowest BCUT2D eigenvalue weighted by molar-refractivity contribution is 0.443. The monoisotopic (exact) mass is 193 g/mol. The zero-order valence-corrected chi connectivity index (χ0v) is 8.20. The van der Waals surface area contributed by atoms with E-state index >= 15 is 0 Å².